The molecule has 0 atom stereocenters. The molecule has 1 aromatic carbocycles. The number of benzene rings is 1. The molecule has 1 N–H and O–H groups in total. The van der Waals surface area contributed by atoms with Gasteiger partial charge in [0.2, 0.25) is 0 Å². The number of nitrogens with one attached hydrogen (secondary N) is 1. The molecule has 5 heteroatoms. The van der Waals surface area contributed by atoms with Gasteiger partial charge in [0, 0.05) is 25.7 Å². The molecule has 2 aromatic rings. The highest BCUT2D eigenvalue weighted by atomic mass is 19.1. The summed E-state index contributed by atoms with van der Waals surface area (Å²) in [5.41, 5.74) is 1.63. The van der Waals surface area contributed by atoms with E-state index in [0.29, 0.717) is 18.9 Å². The van der Waals surface area contributed by atoms with E-state index < -0.39 is 0 Å². The number of aromatic nitrogens is 1. The topological polar surface area (TPSA) is 28.2 Å². The van der Waals surface area contributed by atoms with Gasteiger partial charge in [-0.15, -0.1) is 0 Å². The van der Waals surface area contributed by atoms with Gasteiger partial charge in [-0.05, 0) is 30.3 Å². The average Bonchev–Trinajstić information content (AvgIpc) is 2.45. The standard InChI is InChI=1S/C16H19F2N3/c1-3-19-9-13-8-15(18)10-20-16(13)21(2)11-12-5-4-6-14(17)7-12/h4-8,10,19H,3,9,11H2,1-2H3. The molecule has 0 spiro atoms. The molecule has 0 aliphatic heterocycles. The molecule has 0 aliphatic rings. The Morgan fingerprint density at radius 1 is 1.19 bits per heavy atom. The number of halogens is 2. The summed E-state index contributed by atoms with van der Waals surface area (Å²) in [5, 5.41) is 3.17. The third kappa shape index (κ3) is 4.23. The Hall–Kier alpha value is -2.01. The minimum atomic E-state index is -0.356. The Labute approximate surface area is 123 Å². The summed E-state index contributed by atoms with van der Waals surface area (Å²) >= 11 is 0. The van der Waals surface area contributed by atoms with Gasteiger partial charge in [0.05, 0.1) is 6.20 Å². The molecule has 3 nitrogen and oxygen atoms in total. The lowest BCUT2D eigenvalue weighted by Gasteiger charge is -2.21. The van der Waals surface area contributed by atoms with Crippen LogP contribution < -0.4 is 10.2 Å². The molecule has 1 heterocycles. The van der Waals surface area contributed by atoms with Gasteiger partial charge in [0.1, 0.15) is 17.5 Å². The van der Waals surface area contributed by atoms with Crippen molar-refractivity contribution in [3.8, 4) is 0 Å². The van der Waals surface area contributed by atoms with E-state index in [1.165, 1.54) is 24.4 Å². The van der Waals surface area contributed by atoms with Crippen molar-refractivity contribution in [1.29, 1.82) is 0 Å². The molecule has 0 saturated heterocycles. The highest BCUT2D eigenvalue weighted by molar-refractivity contribution is 5.46. The third-order valence-corrected chi connectivity index (χ3v) is 3.15. The maximum atomic E-state index is 13.4. The smallest absolute Gasteiger partial charge is 0.141 e. The minimum absolute atomic E-state index is 0.263. The van der Waals surface area contributed by atoms with Crippen molar-refractivity contribution in [2.45, 2.75) is 20.0 Å². The van der Waals surface area contributed by atoms with Crippen molar-refractivity contribution in [3.63, 3.8) is 0 Å². The van der Waals surface area contributed by atoms with Crippen LogP contribution in [0.1, 0.15) is 18.1 Å². The summed E-state index contributed by atoms with van der Waals surface area (Å²) in [6.07, 6.45) is 1.20. The zero-order chi connectivity index (χ0) is 15.2. The Morgan fingerprint density at radius 2 is 2.00 bits per heavy atom. The van der Waals surface area contributed by atoms with Crippen molar-refractivity contribution in [2.75, 3.05) is 18.5 Å². The first-order valence-corrected chi connectivity index (χ1v) is 6.91. The van der Waals surface area contributed by atoms with Crippen LogP contribution in [0.25, 0.3) is 0 Å². The van der Waals surface area contributed by atoms with Crippen LogP contribution in [-0.2, 0) is 13.1 Å². The summed E-state index contributed by atoms with van der Waals surface area (Å²) < 4.78 is 26.6. The quantitative estimate of drug-likeness (QED) is 0.886. The molecule has 2 rings (SSSR count). The van der Waals surface area contributed by atoms with Gasteiger partial charge < -0.3 is 10.2 Å². The maximum Gasteiger partial charge on any atom is 0.141 e. The van der Waals surface area contributed by atoms with E-state index in [4.69, 9.17) is 0 Å². The monoisotopic (exact) mass is 291 g/mol. The first-order chi connectivity index (χ1) is 10.1. The molecular weight excluding hydrogens is 272 g/mol. The molecule has 0 bridgehead atoms. The number of rotatable bonds is 6. The van der Waals surface area contributed by atoms with Crippen LogP contribution in [-0.4, -0.2) is 18.6 Å². The fourth-order valence-electron chi connectivity index (χ4n) is 2.19. The third-order valence-electron chi connectivity index (χ3n) is 3.15. The molecule has 1 aromatic heterocycles. The summed E-state index contributed by atoms with van der Waals surface area (Å²) in [6.45, 7) is 3.84. The second-order valence-electron chi connectivity index (χ2n) is 4.90. The van der Waals surface area contributed by atoms with Gasteiger partial charge in [-0.3, -0.25) is 0 Å². The Kier molecular flexibility index (Phi) is 5.22. The molecule has 21 heavy (non-hydrogen) atoms. The van der Waals surface area contributed by atoms with Crippen molar-refractivity contribution < 1.29 is 8.78 Å². The van der Waals surface area contributed by atoms with E-state index >= 15 is 0 Å². The molecule has 0 saturated carbocycles. The summed E-state index contributed by atoms with van der Waals surface area (Å²) in [5.74, 6) is 0.0771. The first kappa shape index (κ1) is 15.4. The van der Waals surface area contributed by atoms with Gasteiger partial charge in [0.15, 0.2) is 0 Å². The second-order valence-corrected chi connectivity index (χ2v) is 4.90. The van der Waals surface area contributed by atoms with Gasteiger partial charge in [0.25, 0.3) is 0 Å². The van der Waals surface area contributed by atoms with E-state index in [1.807, 2.05) is 24.9 Å². The van der Waals surface area contributed by atoms with Crippen molar-refractivity contribution in [2.24, 2.45) is 0 Å². The van der Waals surface area contributed by atoms with Gasteiger partial charge in [-0.25, -0.2) is 13.8 Å². The van der Waals surface area contributed by atoms with Crippen LogP contribution in [0, 0.1) is 11.6 Å². The zero-order valence-electron chi connectivity index (χ0n) is 12.2. The van der Waals surface area contributed by atoms with E-state index in [0.717, 1.165) is 17.7 Å². The van der Waals surface area contributed by atoms with E-state index in [-0.39, 0.29) is 11.6 Å². The predicted molar refractivity (Wildman–Crippen MR) is 80.1 cm³/mol. The minimum Gasteiger partial charge on any atom is -0.355 e. The van der Waals surface area contributed by atoms with Gasteiger partial charge in [-0.1, -0.05) is 19.1 Å². The van der Waals surface area contributed by atoms with E-state index in [2.05, 4.69) is 10.3 Å². The highest BCUT2D eigenvalue weighted by Gasteiger charge is 2.11. The lowest BCUT2D eigenvalue weighted by Crippen LogP contribution is -2.22. The number of anilines is 1. The maximum absolute atomic E-state index is 13.4. The summed E-state index contributed by atoms with van der Waals surface area (Å²) in [7, 11) is 1.86. The number of nitrogens with zero attached hydrogens (tertiary/aromatic N) is 2. The van der Waals surface area contributed by atoms with Gasteiger partial charge in [-0.2, -0.15) is 0 Å². The number of pyridine rings is 1. The van der Waals surface area contributed by atoms with Crippen molar-refractivity contribution in [1.82, 2.24) is 10.3 Å². The molecule has 0 amide bonds. The van der Waals surface area contributed by atoms with Crippen LogP contribution in [0.5, 0.6) is 0 Å². The molecule has 0 aliphatic carbocycles. The fraction of sp³-hybridized carbons (Fsp3) is 0.312. The Morgan fingerprint density at radius 3 is 2.71 bits per heavy atom. The number of hydrogen-bond donors (Lipinski definition) is 1. The molecule has 0 unspecified atom stereocenters. The molecule has 0 radical (unpaired) electrons. The second kappa shape index (κ2) is 7.13. The van der Waals surface area contributed by atoms with E-state index in [1.54, 1.807) is 6.07 Å². The van der Waals surface area contributed by atoms with E-state index in [9.17, 15) is 8.78 Å². The van der Waals surface area contributed by atoms with Crippen molar-refractivity contribution in [3.05, 3.63) is 59.3 Å². The Balaban J connectivity index is 2.19. The van der Waals surface area contributed by atoms with Crippen LogP contribution in [0.3, 0.4) is 0 Å². The molecule has 0 fully saturated rings. The van der Waals surface area contributed by atoms with Crippen LogP contribution in [0.2, 0.25) is 0 Å². The molecular formula is C16H19F2N3. The highest BCUT2D eigenvalue weighted by Crippen LogP contribution is 2.19. The summed E-state index contributed by atoms with van der Waals surface area (Å²) in [4.78, 5) is 6.06. The zero-order valence-corrected chi connectivity index (χ0v) is 12.2. The molecule has 112 valence electrons. The van der Waals surface area contributed by atoms with Crippen LogP contribution in [0.15, 0.2) is 36.5 Å². The lowest BCUT2D eigenvalue weighted by atomic mass is 10.2. The SMILES string of the molecule is CCNCc1cc(F)cnc1N(C)Cc1cccc(F)c1. The van der Waals surface area contributed by atoms with Crippen LogP contribution in [0.4, 0.5) is 14.6 Å². The van der Waals surface area contributed by atoms with Crippen molar-refractivity contribution >= 4 is 5.82 Å². The van der Waals surface area contributed by atoms with Crippen LogP contribution >= 0.6 is 0 Å². The largest absolute Gasteiger partial charge is 0.355 e. The summed E-state index contributed by atoms with van der Waals surface area (Å²) in [6, 6.07) is 7.91. The fourth-order valence-corrected chi connectivity index (χ4v) is 2.19. The average molecular weight is 291 g/mol. The predicted octanol–water partition coefficient (Wildman–Crippen LogP) is 3.11. The normalized spacial score (nSPS) is 10.7. The number of hydrogen-bond acceptors (Lipinski definition) is 3. The van der Waals surface area contributed by atoms with Gasteiger partial charge >= 0.3 is 0 Å². The lowest BCUT2D eigenvalue weighted by molar-refractivity contribution is 0.613. The Bertz CT molecular complexity index is 602. The first-order valence-electron chi connectivity index (χ1n) is 6.91.